The van der Waals surface area contributed by atoms with Crippen LogP contribution in [0.5, 0.6) is 0 Å². The standard InChI is InChI=1S/C29H29Cl4N3O4S/c1-19(29(38)34-20-9-5-6-10-20)35(17-22-23(30)13-7-14-24(22)31)27(37)18-36(26-16-8-15-25(32)28(26)33)41(39,40)21-11-3-2-4-12-21/h2-4,7-8,11-16,19-20H,5-6,9-10,17-18H2,1H3,(H,34,38)/t19-/m1/s1. The van der Waals surface area contributed by atoms with Gasteiger partial charge in [0.2, 0.25) is 11.8 Å². The number of halogens is 4. The fraction of sp³-hybridized carbons (Fsp3) is 0.310. The Labute approximate surface area is 260 Å². The molecule has 0 aromatic heterocycles. The number of carbonyl (C=O) groups is 2. The molecule has 3 aromatic rings. The van der Waals surface area contributed by atoms with E-state index in [0.29, 0.717) is 15.6 Å². The molecule has 2 amide bonds. The summed E-state index contributed by atoms with van der Waals surface area (Å²) < 4.78 is 28.7. The Morgan fingerprint density at radius 1 is 0.878 bits per heavy atom. The van der Waals surface area contributed by atoms with Crippen LogP contribution in [0.1, 0.15) is 38.2 Å². The highest BCUT2D eigenvalue weighted by molar-refractivity contribution is 7.92. The van der Waals surface area contributed by atoms with E-state index in [1.807, 2.05) is 0 Å². The molecule has 0 bridgehead atoms. The van der Waals surface area contributed by atoms with Gasteiger partial charge in [0.05, 0.1) is 20.6 Å². The van der Waals surface area contributed by atoms with Crippen LogP contribution in [0.25, 0.3) is 0 Å². The summed E-state index contributed by atoms with van der Waals surface area (Å²) in [6.45, 7) is 0.800. The quantitative estimate of drug-likeness (QED) is 0.255. The van der Waals surface area contributed by atoms with Crippen molar-refractivity contribution in [1.82, 2.24) is 10.2 Å². The maximum absolute atomic E-state index is 14.1. The van der Waals surface area contributed by atoms with Crippen LogP contribution in [0.3, 0.4) is 0 Å². The Morgan fingerprint density at radius 3 is 2.10 bits per heavy atom. The van der Waals surface area contributed by atoms with Gasteiger partial charge in [-0.25, -0.2) is 8.42 Å². The van der Waals surface area contributed by atoms with Gasteiger partial charge in [0.15, 0.2) is 0 Å². The summed E-state index contributed by atoms with van der Waals surface area (Å²) in [4.78, 5) is 28.7. The summed E-state index contributed by atoms with van der Waals surface area (Å²) in [7, 11) is -4.29. The lowest BCUT2D eigenvalue weighted by molar-refractivity contribution is -0.139. The second-order valence-corrected chi connectivity index (χ2v) is 13.2. The second-order valence-electron chi connectivity index (χ2n) is 9.79. The van der Waals surface area contributed by atoms with Crippen molar-refractivity contribution in [2.75, 3.05) is 10.8 Å². The first-order valence-electron chi connectivity index (χ1n) is 13.0. The van der Waals surface area contributed by atoms with Gasteiger partial charge in [-0.2, -0.15) is 0 Å². The second kappa shape index (κ2) is 13.7. The number of benzene rings is 3. The van der Waals surface area contributed by atoms with Crippen molar-refractivity contribution in [3.8, 4) is 0 Å². The van der Waals surface area contributed by atoms with Gasteiger partial charge in [-0.1, -0.05) is 89.6 Å². The van der Waals surface area contributed by atoms with Crippen LogP contribution in [0.15, 0.2) is 71.6 Å². The minimum atomic E-state index is -4.29. The number of nitrogens with one attached hydrogen (secondary N) is 1. The zero-order valence-electron chi connectivity index (χ0n) is 22.2. The van der Waals surface area contributed by atoms with Crippen molar-refractivity contribution in [2.24, 2.45) is 0 Å². The molecule has 0 radical (unpaired) electrons. The SMILES string of the molecule is C[C@H](C(=O)NC1CCCC1)N(Cc1c(Cl)cccc1Cl)C(=O)CN(c1cccc(Cl)c1Cl)S(=O)(=O)c1ccccc1. The maximum atomic E-state index is 14.1. The van der Waals surface area contributed by atoms with E-state index in [1.165, 1.54) is 29.2 Å². The highest BCUT2D eigenvalue weighted by Gasteiger charge is 2.34. The summed E-state index contributed by atoms with van der Waals surface area (Å²) in [5.41, 5.74) is 0.457. The summed E-state index contributed by atoms with van der Waals surface area (Å²) in [6.07, 6.45) is 3.76. The molecule has 1 N–H and O–H groups in total. The number of sulfonamides is 1. The van der Waals surface area contributed by atoms with Crippen molar-refractivity contribution < 1.29 is 18.0 Å². The largest absolute Gasteiger partial charge is 0.352 e. The van der Waals surface area contributed by atoms with Gasteiger partial charge in [-0.15, -0.1) is 0 Å². The molecular formula is C29H29Cl4N3O4S. The normalized spacial score (nSPS) is 14.5. The highest BCUT2D eigenvalue weighted by Crippen LogP contribution is 2.36. The van der Waals surface area contributed by atoms with E-state index >= 15 is 0 Å². The molecule has 218 valence electrons. The van der Waals surface area contributed by atoms with Crippen LogP contribution in [-0.4, -0.2) is 43.8 Å². The van der Waals surface area contributed by atoms with Crippen molar-refractivity contribution in [3.63, 3.8) is 0 Å². The van der Waals surface area contributed by atoms with Crippen molar-refractivity contribution in [1.29, 1.82) is 0 Å². The molecule has 0 heterocycles. The third-order valence-electron chi connectivity index (χ3n) is 7.07. The molecular weight excluding hydrogens is 628 g/mol. The van der Waals surface area contributed by atoms with Gasteiger partial charge in [0, 0.05) is 28.2 Å². The fourth-order valence-electron chi connectivity index (χ4n) is 4.75. The van der Waals surface area contributed by atoms with Gasteiger partial charge >= 0.3 is 0 Å². The molecule has 4 rings (SSSR count). The number of rotatable bonds is 10. The number of nitrogens with zero attached hydrogens (tertiary/aromatic N) is 2. The lowest BCUT2D eigenvalue weighted by atomic mass is 10.1. The van der Waals surface area contributed by atoms with Crippen LogP contribution < -0.4 is 9.62 Å². The van der Waals surface area contributed by atoms with Gasteiger partial charge in [-0.3, -0.25) is 13.9 Å². The monoisotopic (exact) mass is 655 g/mol. The molecule has 7 nitrogen and oxygen atoms in total. The average molecular weight is 657 g/mol. The van der Waals surface area contributed by atoms with Crippen LogP contribution in [0.4, 0.5) is 5.69 Å². The molecule has 3 aromatic carbocycles. The minimum absolute atomic E-state index is 0.0195. The lowest BCUT2D eigenvalue weighted by Gasteiger charge is -2.33. The summed E-state index contributed by atoms with van der Waals surface area (Å²) in [5, 5.41) is 3.72. The van der Waals surface area contributed by atoms with Crippen molar-refractivity contribution >= 4 is 73.9 Å². The average Bonchev–Trinajstić information content (AvgIpc) is 3.46. The maximum Gasteiger partial charge on any atom is 0.264 e. The van der Waals surface area contributed by atoms with Gasteiger partial charge < -0.3 is 10.2 Å². The summed E-state index contributed by atoms with van der Waals surface area (Å²) in [6, 6.07) is 16.2. The Hall–Kier alpha value is -2.49. The van der Waals surface area contributed by atoms with Gasteiger partial charge in [-0.05, 0) is 56.2 Å². The molecule has 1 atom stereocenters. The third-order valence-corrected chi connectivity index (χ3v) is 10.4. The zero-order chi connectivity index (χ0) is 29.7. The minimum Gasteiger partial charge on any atom is -0.352 e. The predicted octanol–water partition coefficient (Wildman–Crippen LogP) is 6.97. The van der Waals surface area contributed by atoms with E-state index < -0.39 is 28.5 Å². The molecule has 1 fully saturated rings. The Balaban J connectivity index is 1.74. The van der Waals surface area contributed by atoms with E-state index in [9.17, 15) is 18.0 Å². The van der Waals surface area contributed by atoms with Gasteiger partial charge in [0.1, 0.15) is 12.6 Å². The molecule has 41 heavy (non-hydrogen) atoms. The molecule has 0 spiro atoms. The van der Waals surface area contributed by atoms with Crippen LogP contribution in [-0.2, 0) is 26.2 Å². The Bertz CT molecular complexity index is 1500. The third kappa shape index (κ3) is 7.30. The first kappa shape index (κ1) is 31.4. The number of hydrogen-bond acceptors (Lipinski definition) is 4. The van der Waals surface area contributed by atoms with E-state index in [-0.39, 0.29) is 39.1 Å². The lowest BCUT2D eigenvalue weighted by Crippen LogP contribution is -2.52. The highest BCUT2D eigenvalue weighted by atomic mass is 35.5. The number of carbonyl (C=O) groups excluding carboxylic acids is 2. The van der Waals surface area contributed by atoms with Crippen molar-refractivity contribution in [2.45, 2.75) is 56.1 Å². The molecule has 12 heteroatoms. The topological polar surface area (TPSA) is 86.8 Å². The fourth-order valence-corrected chi connectivity index (χ4v) is 7.16. The predicted molar refractivity (Wildman–Crippen MR) is 164 cm³/mol. The Kier molecular flexibility index (Phi) is 10.5. The van der Waals surface area contributed by atoms with Gasteiger partial charge in [0.25, 0.3) is 10.0 Å². The van der Waals surface area contributed by atoms with Crippen molar-refractivity contribution in [3.05, 3.63) is 92.4 Å². The molecule has 1 aliphatic carbocycles. The van der Waals surface area contributed by atoms with Crippen LogP contribution in [0, 0.1) is 0 Å². The molecule has 1 aliphatic rings. The van der Waals surface area contributed by atoms with E-state index in [0.717, 1.165) is 30.0 Å². The Morgan fingerprint density at radius 2 is 1.46 bits per heavy atom. The van der Waals surface area contributed by atoms with E-state index in [4.69, 9.17) is 46.4 Å². The molecule has 0 saturated heterocycles. The molecule has 1 saturated carbocycles. The zero-order valence-corrected chi connectivity index (χ0v) is 26.0. The summed E-state index contributed by atoms with van der Waals surface area (Å²) >= 11 is 25.6. The van der Waals surface area contributed by atoms with E-state index in [2.05, 4.69) is 5.32 Å². The summed E-state index contributed by atoms with van der Waals surface area (Å²) in [5.74, 6) is -1.02. The molecule has 0 unspecified atom stereocenters. The number of anilines is 1. The number of amides is 2. The molecule has 0 aliphatic heterocycles. The first-order chi connectivity index (χ1) is 19.5. The smallest absolute Gasteiger partial charge is 0.264 e. The van der Waals surface area contributed by atoms with Crippen LogP contribution >= 0.6 is 46.4 Å². The van der Waals surface area contributed by atoms with Crippen LogP contribution in [0.2, 0.25) is 20.1 Å². The number of hydrogen-bond donors (Lipinski definition) is 1. The van der Waals surface area contributed by atoms with E-state index in [1.54, 1.807) is 49.4 Å². The first-order valence-corrected chi connectivity index (χ1v) is 16.0.